The van der Waals surface area contributed by atoms with Gasteiger partial charge in [-0.15, -0.1) is 0 Å². The Bertz CT molecular complexity index is 938. The number of hydrogen-bond donors (Lipinski definition) is 2. The zero-order valence-corrected chi connectivity index (χ0v) is 14.1. The summed E-state index contributed by atoms with van der Waals surface area (Å²) in [6, 6.07) is 19.6. The SMILES string of the molecule is Cc1cc(F)ccc1NC(=O)c1ccc(NC(=O)c2ccccc2)cc1. The topological polar surface area (TPSA) is 58.2 Å². The third-order valence-electron chi connectivity index (χ3n) is 3.88. The Hall–Kier alpha value is -3.47. The van der Waals surface area contributed by atoms with E-state index in [0.29, 0.717) is 28.1 Å². The van der Waals surface area contributed by atoms with Crippen LogP contribution >= 0.6 is 0 Å². The third-order valence-corrected chi connectivity index (χ3v) is 3.88. The number of halogens is 1. The second kappa shape index (κ2) is 7.61. The predicted octanol–water partition coefficient (Wildman–Crippen LogP) is 4.64. The molecule has 3 aromatic rings. The summed E-state index contributed by atoms with van der Waals surface area (Å²) in [5.41, 5.74) is 2.78. The first-order valence-corrected chi connectivity index (χ1v) is 8.07. The van der Waals surface area contributed by atoms with Crippen LogP contribution < -0.4 is 10.6 Å². The minimum atomic E-state index is -0.348. The van der Waals surface area contributed by atoms with Gasteiger partial charge in [0.25, 0.3) is 11.8 Å². The highest BCUT2D eigenvalue weighted by molar-refractivity contribution is 6.06. The minimum absolute atomic E-state index is 0.218. The van der Waals surface area contributed by atoms with Crippen LogP contribution in [-0.2, 0) is 0 Å². The van der Waals surface area contributed by atoms with Crippen molar-refractivity contribution in [3.05, 3.63) is 95.3 Å². The molecule has 0 aromatic heterocycles. The average molecular weight is 348 g/mol. The number of aryl methyl sites for hydroxylation is 1. The van der Waals surface area contributed by atoms with Gasteiger partial charge in [0.15, 0.2) is 0 Å². The Morgan fingerprint density at radius 3 is 2.04 bits per heavy atom. The average Bonchev–Trinajstić information content (AvgIpc) is 2.65. The first kappa shape index (κ1) is 17.4. The summed E-state index contributed by atoms with van der Waals surface area (Å²) >= 11 is 0. The lowest BCUT2D eigenvalue weighted by Crippen LogP contribution is -2.14. The van der Waals surface area contributed by atoms with Crippen molar-refractivity contribution in [3.8, 4) is 0 Å². The van der Waals surface area contributed by atoms with Crippen molar-refractivity contribution in [3.63, 3.8) is 0 Å². The Morgan fingerprint density at radius 1 is 0.769 bits per heavy atom. The molecular formula is C21H17FN2O2. The molecule has 0 unspecified atom stereocenters. The summed E-state index contributed by atoms with van der Waals surface area (Å²) in [6.07, 6.45) is 0. The minimum Gasteiger partial charge on any atom is -0.322 e. The molecule has 5 heteroatoms. The molecule has 4 nitrogen and oxygen atoms in total. The third kappa shape index (κ3) is 4.13. The van der Waals surface area contributed by atoms with Crippen LogP contribution in [0.25, 0.3) is 0 Å². The van der Waals surface area contributed by atoms with Gasteiger partial charge in [-0.3, -0.25) is 9.59 Å². The Labute approximate surface area is 150 Å². The van der Waals surface area contributed by atoms with E-state index in [4.69, 9.17) is 0 Å². The highest BCUT2D eigenvalue weighted by Crippen LogP contribution is 2.18. The molecule has 0 radical (unpaired) electrons. The van der Waals surface area contributed by atoms with Gasteiger partial charge in [-0.25, -0.2) is 4.39 Å². The maximum Gasteiger partial charge on any atom is 0.255 e. The molecule has 0 bridgehead atoms. The summed E-state index contributed by atoms with van der Waals surface area (Å²) in [5, 5.41) is 5.52. The van der Waals surface area contributed by atoms with Gasteiger partial charge in [-0.1, -0.05) is 18.2 Å². The number of rotatable bonds is 4. The van der Waals surface area contributed by atoms with Gasteiger partial charge in [0, 0.05) is 22.5 Å². The molecule has 0 atom stereocenters. The fourth-order valence-corrected chi connectivity index (χ4v) is 2.46. The molecule has 0 aliphatic rings. The normalized spacial score (nSPS) is 10.2. The van der Waals surface area contributed by atoms with Crippen LogP contribution in [0.4, 0.5) is 15.8 Å². The number of hydrogen-bond acceptors (Lipinski definition) is 2. The van der Waals surface area contributed by atoms with E-state index in [1.165, 1.54) is 18.2 Å². The van der Waals surface area contributed by atoms with Crippen LogP contribution in [0.1, 0.15) is 26.3 Å². The second-order valence-electron chi connectivity index (χ2n) is 5.81. The fraction of sp³-hybridized carbons (Fsp3) is 0.0476. The van der Waals surface area contributed by atoms with E-state index >= 15 is 0 Å². The molecule has 130 valence electrons. The lowest BCUT2D eigenvalue weighted by atomic mass is 10.1. The van der Waals surface area contributed by atoms with Crippen LogP contribution in [-0.4, -0.2) is 11.8 Å². The Kier molecular flexibility index (Phi) is 5.08. The zero-order valence-electron chi connectivity index (χ0n) is 14.1. The number of benzene rings is 3. The van der Waals surface area contributed by atoms with E-state index in [0.717, 1.165) is 0 Å². The zero-order chi connectivity index (χ0) is 18.5. The van der Waals surface area contributed by atoms with E-state index in [1.807, 2.05) is 6.07 Å². The molecule has 0 fully saturated rings. The molecule has 3 aromatic carbocycles. The van der Waals surface area contributed by atoms with Crippen molar-refractivity contribution >= 4 is 23.2 Å². The maximum atomic E-state index is 13.1. The van der Waals surface area contributed by atoms with Crippen LogP contribution in [0.15, 0.2) is 72.8 Å². The summed E-state index contributed by atoms with van der Waals surface area (Å²) in [5.74, 6) is -0.871. The van der Waals surface area contributed by atoms with Gasteiger partial charge >= 0.3 is 0 Å². The standard InChI is InChI=1S/C21H17FN2O2/c1-14-13-17(22)9-12-19(14)24-21(26)16-7-10-18(11-8-16)23-20(25)15-5-3-2-4-6-15/h2-13H,1H3,(H,23,25)(H,24,26). The van der Waals surface area contributed by atoms with Crippen LogP contribution in [0.5, 0.6) is 0 Å². The smallest absolute Gasteiger partial charge is 0.255 e. The monoisotopic (exact) mass is 348 g/mol. The van der Waals surface area contributed by atoms with Crippen molar-refractivity contribution in [2.24, 2.45) is 0 Å². The van der Waals surface area contributed by atoms with Crippen molar-refractivity contribution in [2.45, 2.75) is 6.92 Å². The Balaban J connectivity index is 1.67. The summed E-state index contributed by atoms with van der Waals surface area (Å²) in [6.45, 7) is 1.72. The molecule has 0 aliphatic heterocycles. The van der Waals surface area contributed by atoms with Crippen LogP contribution in [0.2, 0.25) is 0 Å². The molecule has 2 amide bonds. The first-order chi connectivity index (χ1) is 12.5. The summed E-state index contributed by atoms with van der Waals surface area (Å²) in [7, 11) is 0. The molecule has 3 rings (SSSR count). The number of anilines is 2. The van der Waals surface area contributed by atoms with E-state index in [9.17, 15) is 14.0 Å². The molecular weight excluding hydrogens is 331 g/mol. The van der Waals surface area contributed by atoms with Crippen LogP contribution in [0, 0.1) is 12.7 Å². The number of nitrogens with one attached hydrogen (secondary N) is 2. The molecule has 2 N–H and O–H groups in total. The summed E-state index contributed by atoms with van der Waals surface area (Å²) in [4.78, 5) is 24.4. The summed E-state index contributed by atoms with van der Waals surface area (Å²) < 4.78 is 13.1. The van der Waals surface area contributed by atoms with Crippen molar-refractivity contribution < 1.29 is 14.0 Å². The van der Waals surface area contributed by atoms with Crippen molar-refractivity contribution in [1.82, 2.24) is 0 Å². The number of carbonyl (C=O) groups excluding carboxylic acids is 2. The highest BCUT2D eigenvalue weighted by Gasteiger charge is 2.09. The van der Waals surface area contributed by atoms with Gasteiger partial charge in [-0.05, 0) is 67.1 Å². The van der Waals surface area contributed by atoms with E-state index in [1.54, 1.807) is 55.5 Å². The largest absolute Gasteiger partial charge is 0.322 e. The van der Waals surface area contributed by atoms with Crippen LogP contribution in [0.3, 0.4) is 0 Å². The van der Waals surface area contributed by atoms with Gasteiger partial charge in [0.2, 0.25) is 0 Å². The van der Waals surface area contributed by atoms with Gasteiger partial charge in [-0.2, -0.15) is 0 Å². The number of carbonyl (C=O) groups is 2. The maximum absolute atomic E-state index is 13.1. The highest BCUT2D eigenvalue weighted by atomic mass is 19.1. The first-order valence-electron chi connectivity index (χ1n) is 8.07. The second-order valence-corrected chi connectivity index (χ2v) is 5.81. The lowest BCUT2D eigenvalue weighted by molar-refractivity contribution is 0.102. The lowest BCUT2D eigenvalue weighted by Gasteiger charge is -2.09. The number of amides is 2. The fourth-order valence-electron chi connectivity index (χ4n) is 2.46. The molecule has 0 heterocycles. The van der Waals surface area contributed by atoms with E-state index in [-0.39, 0.29) is 17.6 Å². The molecule has 0 saturated carbocycles. The molecule has 0 spiro atoms. The van der Waals surface area contributed by atoms with Gasteiger partial charge in [0.05, 0.1) is 0 Å². The Morgan fingerprint density at radius 2 is 1.38 bits per heavy atom. The predicted molar refractivity (Wildman–Crippen MR) is 99.9 cm³/mol. The van der Waals surface area contributed by atoms with Gasteiger partial charge in [0.1, 0.15) is 5.82 Å². The quantitative estimate of drug-likeness (QED) is 0.722. The van der Waals surface area contributed by atoms with Gasteiger partial charge < -0.3 is 10.6 Å². The van der Waals surface area contributed by atoms with E-state index < -0.39 is 0 Å². The molecule has 26 heavy (non-hydrogen) atoms. The van der Waals surface area contributed by atoms with Crippen molar-refractivity contribution in [2.75, 3.05) is 10.6 Å². The molecule has 0 aliphatic carbocycles. The van der Waals surface area contributed by atoms with Crippen molar-refractivity contribution in [1.29, 1.82) is 0 Å². The molecule has 0 saturated heterocycles. The van der Waals surface area contributed by atoms with E-state index in [2.05, 4.69) is 10.6 Å².